The molecule has 0 unspecified atom stereocenters. The third-order valence-electron chi connectivity index (χ3n) is 6.22. The molecule has 0 aliphatic carbocycles. The molecule has 0 fully saturated rings. The first-order valence-corrected chi connectivity index (χ1v) is 11.6. The largest absolute Gasteiger partial charge is 0.0654 e. The van der Waals surface area contributed by atoms with Crippen LogP contribution in [0.3, 0.4) is 0 Å². The van der Waals surface area contributed by atoms with Crippen molar-refractivity contribution in [3.05, 3.63) is 58.7 Å². The van der Waals surface area contributed by atoms with Crippen LogP contribution in [0, 0.1) is 13.8 Å². The van der Waals surface area contributed by atoms with E-state index in [0.717, 1.165) is 0 Å². The predicted octanol–water partition coefficient (Wildman–Crippen LogP) is 8.86. The highest BCUT2D eigenvalue weighted by Gasteiger charge is 2.14. The smallest absolute Gasteiger partial charge is 0.0102 e. The Labute approximate surface area is 172 Å². The van der Waals surface area contributed by atoms with Crippen LogP contribution in [0.2, 0.25) is 0 Å². The van der Waals surface area contributed by atoms with E-state index in [1.54, 1.807) is 11.1 Å². The average molecular weight is 375 g/mol. The van der Waals surface area contributed by atoms with Crippen LogP contribution in [0.5, 0.6) is 0 Å². The van der Waals surface area contributed by atoms with Gasteiger partial charge in [-0.15, -0.1) is 0 Å². The zero-order valence-electron chi connectivity index (χ0n) is 18.5. The zero-order valence-corrected chi connectivity index (χ0v) is 18.5. The molecule has 28 heavy (non-hydrogen) atoms. The monoisotopic (exact) mass is 374 g/mol. The lowest BCUT2D eigenvalue weighted by Gasteiger charge is -2.19. The van der Waals surface area contributed by atoms with Crippen LogP contribution in [-0.2, 0) is 12.8 Å². The highest BCUT2D eigenvalue weighted by Crippen LogP contribution is 2.36. The standard InChI is InChI=1S/C28H38/c1-5-7-9-11-13-23-24(14-12-10-8-6-2)28-20-22(4)16-18-26(28)25-17-15-21(3)19-27(23)25/h15-20H,5-14H2,1-4H3. The molecule has 0 spiro atoms. The summed E-state index contributed by atoms with van der Waals surface area (Å²) in [6.45, 7) is 9.08. The summed E-state index contributed by atoms with van der Waals surface area (Å²) in [5.41, 5.74) is 6.05. The van der Waals surface area contributed by atoms with Gasteiger partial charge in [-0.25, -0.2) is 0 Å². The molecule has 0 heteroatoms. The fourth-order valence-corrected chi connectivity index (χ4v) is 4.64. The van der Waals surface area contributed by atoms with E-state index in [2.05, 4.69) is 64.1 Å². The molecule has 0 heterocycles. The van der Waals surface area contributed by atoms with Gasteiger partial charge in [-0.2, -0.15) is 0 Å². The van der Waals surface area contributed by atoms with Gasteiger partial charge < -0.3 is 0 Å². The molecule has 0 radical (unpaired) electrons. The lowest BCUT2D eigenvalue weighted by Crippen LogP contribution is -2.00. The van der Waals surface area contributed by atoms with Crippen molar-refractivity contribution < 1.29 is 0 Å². The van der Waals surface area contributed by atoms with Gasteiger partial charge in [0, 0.05) is 0 Å². The second-order valence-corrected chi connectivity index (χ2v) is 8.68. The van der Waals surface area contributed by atoms with Crippen molar-refractivity contribution in [2.24, 2.45) is 0 Å². The first kappa shape index (κ1) is 20.9. The number of unbranched alkanes of at least 4 members (excludes halogenated alkanes) is 6. The van der Waals surface area contributed by atoms with Gasteiger partial charge in [0.1, 0.15) is 0 Å². The zero-order chi connectivity index (χ0) is 19.9. The summed E-state index contributed by atoms with van der Waals surface area (Å²) in [6, 6.07) is 14.2. The van der Waals surface area contributed by atoms with Gasteiger partial charge in [-0.3, -0.25) is 0 Å². The molecule has 0 atom stereocenters. The molecule has 150 valence electrons. The molecule has 0 aromatic heterocycles. The molecule has 0 aliphatic rings. The van der Waals surface area contributed by atoms with Crippen molar-refractivity contribution in [1.82, 2.24) is 0 Å². The number of aryl methyl sites for hydroxylation is 4. The highest BCUT2D eigenvalue weighted by atomic mass is 14.2. The number of fused-ring (bicyclic) bond motifs is 3. The van der Waals surface area contributed by atoms with Crippen LogP contribution in [0.1, 0.15) is 87.5 Å². The van der Waals surface area contributed by atoms with E-state index in [0.29, 0.717) is 0 Å². The third-order valence-corrected chi connectivity index (χ3v) is 6.22. The Morgan fingerprint density at radius 1 is 0.500 bits per heavy atom. The van der Waals surface area contributed by atoms with Crippen molar-refractivity contribution in [3.8, 4) is 0 Å². The van der Waals surface area contributed by atoms with Gasteiger partial charge in [-0.05, 0) is 72.2 Å². The molecule has 0 saturated heterocycles. The van der Waals surface area contributed by atoms with Gasteiger partial charge in [0.15, 0.2) is 0 Å². The van der Waals surface area contributed by atoms with Crippen LogP contribution >= 0.6 is 0 Å². The Morgan fingerprint density at radius 2 is 0.929 bits per heavy atom. The van der Waals surface area contributed by atoms with Crippen LogP contribution in [0.4, 0.5) is 0 Å². The normalized spacial score (nSPS) is 11.6. The fourth-order valence-electron chi connectivity index (χ4n) is 4.64. The first-order valence-electron chi connectivity index (χ1n) is 11.6. The quantitative estimate of drug-likeness (QED) is 0.245. The molecule has 3 rings (SSSR count). The number of hydrogen-bond donors (Lipinski definition) is 0. The summed E-state index contributed by atoms with van der Waals surface area (Å²) in [7, 11) is 0. The van der Waals surface area contributed by atoms with Gasteiger partial charge >= 0.3 is 0 Å². The topological polar surface area (TPSA) is 0 Å². The minimum absolute atomic E-state index is 1.23. The molecule has 0 nitrogen and oxygen atoms in total. The van der Waals surface area contributed by atoms with Gasteiger partial charge in [0.05, 0.1) is 0 Å². The second-order valence-electron chi connectivity index (χ2n) is 8.68. The summed E-state index contributed by atoms with van der Waals surface area (Å²) in [5.74, 6) is 0. The maximum atomic E-state index is 2.44. The summed E-state index contributed by atoms with van der Waals surface area (Å²) < 4.78 is 0. The van der Waals surface area contributed by atoms with Crippen LogP contribution in [-0.4, -0.2) is 0 Å². The van der Waals surface area contributed by atoms with Crippen molar-refractivity contribution in [2.75, 3.05) is 0 Å². The van der Waals surface area contributed by atoms with Gasteiger partial charge in [-0.1, -0.05) is 99.9 Å². The third kappa shape index (κ3) is 4.77. The summed E-state index contributed by atoms with van der Waals surface area (Å²) >= 11 is 0. The predicted molar refractivity (Wildman–Crippen MR) is 127 cm³/mol. The fraction of sp³-hybridized carbons (Fsp3) is 0.500. The lowest BCUT2D eigenvalue weighted by atomic mass is 9.85. The Morgan fingerprint density at radius 3 is 1.32 bits per heavy atom. The summed E-state index contributed by atoms with van der Waals surface area (Å²) in [6.07, 6.45) is 13.1. The highest BCUT2D eigenvalue weighted by molar-refractivity contribution is 6.11. The minimum atomic E-state index is 1.23. The summed E-state index contributed by atoms with van der Waals surface area (Å²) in [4.78, 5) is 0. The maximum Gasteiger partial charge on any atom is -0.0102 e. The Bertz CT molecular complexity index is 840. The van der Waals surface area contributed by atoms with Crippen LogP contribution in [0.25, 0.3) is 21.5 Å². The molecule has 0 bridgehead atoms. The number of rotatable bonds is 10. The van der Waals surface area contributed by atoms with E-state index in [1.165, 1.54) is 96.9 Å². The van der Waals surface area contributed by atoms with E-state index < -0.39 is 0 Å². The average Bonchev–Trinajstić information content (AvgIpc) is 2.69. The van der Waals surface area contributed by atoms with E-state index in [-0.39, 0.29) is 0 Å². The van der Waals surface area contributed by atoms with Gasteiger partial charge in [0.25, 0.3) is 0 Å². The lowest BCUT2D eigenvalue weighted by molar-refractivity contribution is 0.653. The van der Waals surface area contributed by atoms with E-state index in [4.69, 9.17) is 0 Å². The Kier molecular flexibility index (Phi) is 7.54. The Hall–Kier alpha value is -1.82. The van der Waals surface area contributed by atoms with Gasteiger partial charge in [0.2, 0.25) is 0 Å². The SMILES string of the molecule is CCCCCCc1c(CCCCCC)c2cc(C)ccc2c2ccc(C)cc12. The second kappa shape index (κ2) is 10.1. The molecular formula is C28H38. The van der Waals surface area contributed by atoms with Crippen LogP contribution < -0.4 is 0 Å². The number of hydrogen-bond acceptors (Lipinski definition) is 0. The van der Waals surface area contributed by atoms with Crippen molar-refractivity contribution >= 4 is 21.5 Å². The van der Waals surface area contributed by atoms with Crippen molar-refractivity contribution in [3.63, 3.8) is 0 Å². The van der Waals surface area contributed by atoms with Crippen LogP contribution in [0.15, 0.2) is 36.4 Å². The maximum absolute atomic E-state index is 2.44. The molecule has 0 aliphatic heterocycles. The molecule has 3 aromatic carbocycles. The molecule has 0 saturated carbocycles. The van der Waals surface area contributed by atoms with Crippen molar-refractivity contribution in [2.45, 2.75) is 91.9 Å². The number of benzene rings is 3. The molecule has 0 amide bonds. The molecule has 0 N–H and O–H groups in total. The van der Waals surface area contributed by atoms with E-state index in [9.17, 15) is 0 Å². The van der Waals surface area contributed by atoms with E-state index >= 15 is 0 Å². The summed E-state index contributed by atoms with van der Waals surface area (Å²) in [5, 5.41) is 5.92. The Balaban J connectivity index is 2.14. The van der Waals surface area contributed by atoms with E-state index in [1.807, 2.05) is 0 Å². The van der Waals surface area contributed by atoms with Crippen molar-refractivity contribution in [1.29, 1.82) is 0 Å². The molecular weight excluding hydrogens is 336 g/mol. The molecule has 3 aromatic rings. The first-order chi connectivity index (χ1) is 13.7. The minimum Gasteiger partial charge on any atom is -0.0654 e.